The fourth-order valence-corrected chi connectivity index (χ4v) is 4.50. The third-order valence-corrected chi connectivity index (χ3v) is 6.82. The Morgan fingerprint density at radius 1 is 1.12 bits per heavy atom. The van der Waals surface area contributed by atoms with E-state index in [1.165, 1.54) is 15.9 Å². The number of ether oxygens (including phenoxy) is 1. The van der Waals surface area contributed by atoms with Crippen LogP contribution >= 0.6 is 23.4 Å². The van der Waals surface area contributed by atoms with E-state index in [1.807, 2.05) is 4.90 Å². The summed E-state index contributed by atoms with van der Waals surface area (Å²) in [6.07, 6.45) is 0.281. The number of halogens is 2. The summed E-state index contributed by atoms with van der Waals surface area (Å²) in [6, 6.07) is 11.3. The van der Waals surface area contributed by atoms with Crippen molar-refractivity contribution in [1.29, 1.82) is 0 Å². The number of cyclic esters (lactones) is 1. The molecule has 0 bridgehead atoms. The summed E-state index contributed by atoms with van der Waals surface area (Å²) in [6.45, 7) is 1.99. The SMILES string of the molecule is CSC(=O)N(C)C1CN(c2ccc(N3CCN(C(=O)c4ccc(Cl)cc4)CC3)c(F)c2)C(=O)O1. The molecule has 0 saturated carbocycles. The molecule has 1 atom stereocenters. The van der Waals surface area contributed by atoms with Crippen LogP contribution in [-0.2, 0) is 4.74 Å². The molecule has 3 amide bonds. The van der Waals surface area contributed by atoms with Crippen molar-refractivity contribution in [2.75, 3.05) is 55.8 Å². The van der Waals surface area contributed by atoms with Crippen molar-refractivity contribution < 1.29 is 23.5 Å². The van der Waals surface area contributed by atoms with Crippen LogP contribution in [0.25, 0.3) is 0 Å². The molecule has 2 aromatic rings. The third kappa shape index (κ3) is 4.92. The van der Waals surface area contributed by atoms with Gasteiger partial charge < -0.3 is 14.5 Å². The maximum atomic E-state index is 15.0. The number of amides is 3. The zero-order chi connectivity index (χ0) is 24.4. The topological polar surface area (TPSA) is 73.4 Å². The van der Waals surface area contributed by atoms with Crippen LogP contribution in [0.15, 0.2) is 42.5 Å². The monoisotopic (exact) mass is 506 g/mol. The van der Waals surface area contributed by atoms with Gasteiger partial charge in [0.15, 0.2) is 6.23 Å². The molecule has 0 aromatic heterocycles. The molecule has 180 valence electrons. The van der Waals surface area contributed by atoms with E-state index >= 15 is 4.39 Å². The number of hydrogen-bond acceptors (Lipinski definition) is 6. The number of carbonyl (C=O) groups is 3. The molecule has 8 nitrogen and oxygen atoms in total. The van der Waals surface area contributed by atoms with E-state index in [-0.39, 0.29) is 17.7 Å². The highest BCUT2D eigenvalue weighted by atomic mass is 35.5. The number of thioether (sulfide) groups is 1. The van der Waals surface area contributed by atoms with Crippen LogP contribution in [0.2, 0.25) is 5.02 Å². The van der Waals surface area contributed by atoms with Gasteiger partial charge in [-0.05, 0) is 48.7 Å². The van der Waals surface area contributed by atoms with Crippen molar-refractivity contribution in [2.45, 2.75) is 6.23 Å². The Hall–Kier alpha value is -2.98. The van der Waals surface area contributed by atoms with Gasteiger partial charge in [0.2, 0.25) is 0 Å². The van der Waals surface area contributed by atoms with E-state index < -0.39 is 18.1 Å². The maximum Gasteiger partial charge on any atom is 0.416 e. The Kier molecular flexibility index (Phi) is 7.18. The molecule has 2 fully saturated rings. The quantitative estimate of drug-likeness (QED) is 0.620. The van der Waals surface area contributed by atoms with Gasteiger partial charge in [-0.25, -0.2) is 9.18 Å². The van der Waals surface area contributed by atoms with Crippen molar-refractivity contribution in [3.63, 3.8) is 0 Å². The van der Waals surface area contributed by atoms with Crippen LogP contribution in [0.5, 0.6) is 0 Å². The highest BCUT2D eigenvalue weighted by Gasteiger charge is 2.37. The van der Waals surface area contributed by atoms with Gasteiger partial charge in [-0.15, -0.1) is 0 Å². The van der Waals surface area contributed by atoms with E-state index in [0.717, 1.165) is 11.8 Å². The van der Waals surface area contributed by atoms with Crippen LogP contribution in [0, 0.1) is 5.82 Å². The molecule has 2 aliphatic rings. The molecule has 2 aromatic carbocycles. The van der Waals surface area contributed by atoms with Crippen molar-refractivity contribution in [1.82, 2.24) is 9.80 Å². The first kappa shape index (κ1) is 24.2. The molecule has 0 aliphatic carbocycles. The molecule has 2 saturated heterocycles. The van der Waals surface area contributed by atoms with E-state index in [4.69, 9.17) is 16.3 Å². The van der Waals surface area contributed by atoms with Gasteiger partial charge in [0, 0.05) is 43.8 Å². The number of piperazine rings is 1. The molecule has 11 heteroatoms. The number of carbonyl (C=O) groups excluding carboxylic acids is 3. The molecule has 4 rings (SSSR count). The number of likely N-dealkylation sites (N-methyl/N-ethyl adjacent to an activating group) is 1. The first-order valence-electron chi connectivity index (χ1n) is 10.7. The van der Waals surface area contributed by atoms with Crippen molar-refractivity contribution in [3.05, 3.63) is 58.9 Å². The minimum absolute atomic E-state index is 0.0841. The largest absolute Gasteiger partial charge is 0.423 e. The Labute approximate surface area is 206 Å². The summed E-state index contributed by atoms with van der Waals surface area (Å²) in [7, 11) is 1.56. The molecule has 0 radical (unpaired) electrons. The second-order valence-electron chi connectivity index (χ2n) is 7.95. The lowest BCUT2D eigenvalue weighted by atomic mass is 10.1. The highest BCUT2D eigenvalue weighted by molar-refractivity contribution is 8.12. The van der Waals surface area contributed by atoms with Crippen molar-refractivity contribution in [2.24, 2.45) is 0 Å². The van der Waals surface area contributed by atoms with E-state index in [0.29, 0.717) is 48.1 Å². The fourth-order valence-electron chi connectivity index (χ4n) is 3.97. The molecule has 0 spiro atoms. The predicted molar refractivity (Wildman–Crippen MR) is 130 cm³/mol. The molecule has 0 N–H and O–H groups in total. The van der Waals surface area contributed by atoms with Crippen LogP contribution in [0.1, 0.15) is 10.4 Å². The molecule has 2 heterocycles. The fraction of sp³-hybridized carbons (Fsp3) is 0.348. The number of nitrogens with zero attached hydrogens (tertiary/aromatic N) is 4. The van der Waals surface area contributed by atoms with Crippen LogP contribution in [-0.4, -0.2) is 79.3 Å². The summed E-state index contributed by atoms with van der Waals surface area (Å²) >= 11 is 6.91. The lowest BCUT2D eigenvalue weighted by Gasteiger charge is -2.36. The highest BCUT2D eigenvalue weighted by Crippen LogP contribution is 2.29. The van der Waals surface area contributed by atoms with Gasteiger partial charge in [0.25, 0.3) is 11.1 Å². The van der Waals surface area contributed by atoms with Gasteiger partial charge in [-0.1, -0.05) is 23.4 Å². The smallest absolute Gasteiger partial charge is 0.416 e. The average molecular weight is 507 g/mol. The van der Waals surface area contributed by atoms with E-state index in [1.54, 1.807) is 54.6 Å². The summed E-state index contributed by atoms with van der Waals surface area (Å²) in [5, 5.41) is 0.341. The van der Waals surface area contributed by atoms with Crippen molar-refractivity contribution in [3.8, 4) is 0 Å². The second-order valence-corrected chi connectivity index (χ2v) is 9.15. The standard InChI is InChI=1S/C23H24ClFN4O4S/c1-26(23(32)34-2)20-14-29(22(31)33-20)17-7-8-19(18(25)13-17)27-9-11-28(12-10-27)21(30)15-3-5-16(24)6-4-15/h3-8,13,20H,9-12,14H2,1-2H3. The first-order valence-corrected chi connectivity index (χ1v) is 12.3. The van der Waals surface area contributed by atoms with Gasteiger partial charge in [-0.2, -0.15) is 0 Å². The Balaban J connectivity index is 1.39. The Morgan fingerprint density at radius 3 is 2.41 bits per heavy atom. The summed E-state index contributed by atoms with van der Waals surface area (Å²) < 4.78 is 20.3. The van der Waals surface area contributed by atoms with Gasteiger partial charge in [-0.3, -0.25) is 19.4 Å². The van der Waals surface area contributed by atoms with E-state index in [2.05, 4.69) is 0 Å². The number of anilines is 2. The lowest BCUT2D eigenvalue weighted by molar-refractivity contribution is 0.0668. The Morgan fingerprint density at radius 2 is 1.79 bits per heavy atom. The van der Waals surface area contributed by atoms with Crippen LogP contribution < -0.4 is 9.80 Å². The summed E-state index contributed by atoms with van der Waals surface area (Å²) in [5.74, 6) is -0.557. The zero-order valence-corrected chi connectivity index (χ0v) is 20.3. The third-order valence-electron chi connectivity index (χ3n) is 5.93. The van der Waals surface area contributed by atoms with Gasteiger partial charge in [0.1, 0.15) is 5.82 Å². The first-order chi connectivity index (χ1) is 16.3. The minimum atomic E-state index is -0.735. The maximum absolute atomic E-state index is 15.0. The normalized spacial score (nSPS) is 18.2. The molecule has 1 unspecified atom stereocenters. The van der Waals surface area contributed by atoms with Crippen LogP contribution in [0.4, 0.5) is 25.4 Å². The van der Waals surface area contributed by atoms with Crippen molar-refractivity contribution >= 4 is 52.0 Å². The molecule has 2 aliphatic heterocycles. The van der Waals surface area contributed by atoms with E-state index in [9.17, 15) is 14.4 Å². The zero-order valence-electron chi connectivity index (χ0n) is 18.7. The molecular formula is C23H24ClFN4O4S. The number of benzene rings is 2. The summed E-state index contributed by atoms with van der Waals surface area (Å²) in [4.78, 5) is 43.1. The minimum Gasteiger partial charge on any atom is -0.423 e. The Bertz CT molecular complexity index is 1090. The second kappa shape index (κ2) is 10.1. The van der Waals surface area contributed by atoms with Gasteiger partial charge >= 0.3 is 6.09 Å². The lowest BCUT2D eigenvalue weighted by Crippen LogP contribution is -2.49. The van der Waals surface area contributed by atoms with Gasteiger partial charge in [0.05, 0.1) is 17.9 Å². The molecular weight excluding hydrogens is 483 g/mol. The number of hydrogen-bond donors (Lipinski definition) is 0. The average Bonchev–Trinajstić information content (AvgIpc) is 3.24. The summed E-state index contributed by atoms with van der Waals surface area (Å²) in [5.41, 5.74) is 1.32. The predicted octanol–water partition coefficient (Wildman–Crippen LogP) is 4.14. The van der Waals surface area contributed by atoms with Crippen LogP contribution in [0.3, 0.4) is 0 Å². The number of rotatable bonds is 4. The molecule has 34 heavy (non-hydrogen) atoms.